The van der Waals surface area contributed by atoms with Gasteiger partial charge in [0.2, 0.25) is 0 Å². The Balaban J connectivity index is 1.84. The van der Waals surface area contributed by atoms with Crippen molar-refractivity contribution >= 4 is 11.5 Å². The number of rotatable bonds is 5. The number of benzene rings is 1. The number of hydrogen-bond donors (Lipinski definition) is 0. The predicted molar refractivity (Wildman–Crippen MR) is 96.5 cm³/mol. The van der Waals surface area contributed by atoms with Gasteiger partial charge in [-0.25, -0.2) is 0 Å². The monoisotopic (exact) mass is 314 g/mol. The van der Waals surface area contributed by atoms with Crippen LogP contribution in [0.2, 0.25) is 0 Å². The highest BCUT2D eigenvalue weighted by atomic mass is 16.1. The van der Waals surface area contributed by atoms with E-state index in [1.165, 1.54) is 24.1 Å². The SMILES string of the molecule is CC(C)c1ccc(N2CCC(N(C)C)CC2)c(C(=O)C2CC2)c1. The van der Waals surface area contributed by atoms with Crippen molar-refractivity contribution in [3.05, 3.63) is 29.3 Å². The summed E-state index contributed by atoms with van der Waals surface area (Å²) in [4.78, 5) is 17.5. The highest BCUT2D eigenvalue weighted by Gasteiger charge is 2.33. The average Bonchev–Trinajstić information content (AvgIpc) is 3.38. The van der Waals surface area contributed by atoms with Gasteiger partial charge >= 0.3 is 0 Å². The number of carbonyl (C=O) groups excluding carboxylic acids is 1. The molecule has 2 fully saturated rings. The van der Waals surface area contributed by atoms with Gasteiger partial charge in [0.25, 0.3) is 0 Å². The van der Waals surface area contributed by atoms with Crippen LogP contribution in [0.4, 0.5) is 5.69 Å². The van der Waals surface area contributed by atoms with Crippen LogP contribution in [0.1, 0.15) is 61.4 Å². The van der Waals surface area contributed by atoms with Crippen LogP contribution in [-0.4, -0.2) is 43.9 Å². The second-order valence-corrected chi connectivity index (χ2v) is 7.75. The Bertz CT molecular complexity index is 567. The van der Waals surface area contributed by atoms with Gasteiger partial charge in [0.15, 0.2) is 5.78 Å². The van der Waals surface area contributed by atoms with Gasteiger partial charge in [-0.05, 0) is 63.4 Å². The molecule has 2 aliphatic rings. The van der Waals surface area contributed by atoms with E-state index >= 15 is 0 Å². The van der Waals surface area contributed by atoms with E-state index in [4.69, 9.17) is 0 Å². The first-order chi connectivity index (χ1) is 11.0. The summed E-state index contributed by atoms with van der Waals surface area (Å²) in [7, 11) is 4.33. The highest BCUT2D eigenvalue weighted by Crippen LogP contribution is 2.37. The molecule has 0 atom stereocenters. The number of anilines is 1. The average molecular weight is 314 g/mol. The molecule has 0 radical (unpaired) electrons. The molecule has 1 aliphatic heterocycles. The summed E-state index contributed by atoms with van der Waals surface area (Å²) in [6.45, 7) is 6.50. The van der Waals surface area contributed by atoms with E-state index in [9.17, 15) is 4.79 Å². The van der Waals surface area contributed by atoms with Crippen molar-refractivity contribution in [1.29, 1.82) is 0 Å². The van der Waals surface area contributed by atoms with Gasteiger partial charge in [-0.3, -0.25) is 4.79 Å². The number of nitrogens with zero attached hydrogens (tertiary/aromatic N) is 2. The first-order valence-electron chi connectivity index (χ1n) is 9.07. The smallest absolute Gasteiger partial charge is 0.168 e. The third-order valence-corrected chi connectivity index (χ3v) is 5.44. The van der Waals surface area contributed by atoms with Crippen LogP contribution < -0.4 is 4.90 Å². The molecule has 1 aromatic rings. The van der Waals surface area contributed by atoms with Crippen LogP contribution in [0.15, 0.2) is 18.2 Å². The van der Waals surface area contributed by atoms with Crippen molar-refractivity contribution in [1.82, 2.24) is 4.90 Å². The number of piperidine rings is 1. The minimum absolute atomic E-state index is 0.287. The molecule has 0 N–H and O–H groups in total. The van der Waals surface area contributed by atoms with Gasteiger partial charge < -0.3 is 9.80 Å². The number of carbonyl (C=O) groups is 1. The van der Waals surface area contributed by atoms with Gasteiger partial charge in [-0.2, -0.15) is 0 Å². The lowest BCUT2D eigenvalue weighted by Gasteiger charge is -2.37. The van der Waals surface area contributed by atoms with Crippen LogP contribution in [0, 0.1) is 5.92 Å². The topological polar surface area (TPSA) is 23.6 Å². The highest BCUT2D eigenvalue weighted by molar-refractivity contribution is 6.04. The molecule has 0 amide bonds. The second-order valence-electron chi connectivity index (χ2n) is 7.75. The van der Waals surface area contributed by atoms with Crippen molar-refractivity contribution in [2.24, 2.45) is 5.92 Å². The first kappa shape index (κ1) is 16.5. The maximum absolute atomic E-state index is 12.8. The van der Waals surface area contributed by atoms with Crippen molar-refractivity contribution in [2.75, 3.05) is 32.1 Å². The normalized spacial score (nSPS) is 19.7. The zero-order chi connectivity index (χ0) is 16.6. The summed E-state index contributed by atoms with van der Waals surface area (Å²) >= 11 is 0. The Hall–Kier alpha value is -1.35. The van der Waals surface area contributed by atoms with Crippen molar-refractivity contribution < 1.29 is 4.79 Å². The zero-order valence-electron chi connectivity index (χ0n) is 15.0. The molecule has 3 heteroatoms. The Morgan fingerprint density at radius 2 is 1.78 bits per heavy atom. The fourth-order valence-electron chi connectivity index (χ4n) is 3.57. The summed E-state index contributed by atoms with van der Waals surface area (Å²) in [5, 5.41) is 0. The number of ketones is 1. The van der Waals surface area contributed by atoms with Crippen molar-refractivity contribution in [3.8, 4) is 0 Å². The van der Waals surface area contributed by atoms with Crippen LogP contribution in [0.25, 0.3) is 0 Å². The first-order valence-corrected chi connectivity index (χ1v) is 9.07. The molecular formula is C20H30N2O. The van der Waals surface area contributed by atoms with E-state index < -0.39 is 0 Å². The van der Waals surface area contributed by atoms with Crippen molar-refractivity contribution in [3.63, 3.8) is 0 Å². The lowest BCUT2D eigenvalue weighted by atomic mass is 9.94. The van der Waals surface area contributed by atoms with E-state index in [0.717, 1.165) is 31.5 Å². The molecular weight excluding hydrogens is 284 g/mol. The zero-order valence-corrected chi connectivity index (χ0v) is 15.0. The molecule has 126 valence electrons. The lowest BCUT2D eigenvalue weighted by molar-refractivity contribution is 0.0968. The largest absolute Gasteiger partial charge is 0.371 e. The molecule has 0 spiro atoms. The number of hydrogen-bond acceptors (Lipinski definition) is 3. The quantitative estimate of drug-likeness (QED) is 0.769. The third-order valence-electron chi connectivity index (χ3n) is 5.44. The van der Waals surface area contributed by atoms with Gasteiger partial charge in [-0.1, -0.05) is 19.9 Å². The third kappa shape index (κ3) is 3.60. The summed E-state index contributed by atoms with van der Waals surface area (Å²) in [5.41, 5.74) is 3.42. The maximum atomic E-state index is 12.8. The van der Waals surface area contributed by atoms with E-state index in [0.29, 0.717) is 17.7 Å². The van der Waals surface area contributed by atoms with Gasteiger partial charge in [-0.15, -0.1) is 0 Å². The van der Waals surface area contributed by atoms with E-state index in [-0.39, 0.29) is 5.92 Å². The molecule has 3 nitrogen and oxygen atoms in total. The Morgan fingerprint density at radius 1 is 1.13 bits per heavy atom. The maximum Gasteiger partial charge on any atom is 0.168 e. The van der Waals surface area contributed by atoms with E-state index in [1.54, 1.807) is 0 Å². The fourth-order valence-corrected chi connectivity index (χ4v) is 3.57. The lowest BCUT2D eigenvalue weighted by Crippen LogP contribution is -2.42. The van der Waals surface area contributed by atoms with Crippen LogP contribution in [-0.2, 0) is 0 Å². The van der Waals surface area contributed by atoms with Crippen LogP contribution in [0.5, 0.6) is 0 Å². The molecule has 1 aromatic carbocycles. The molecule has 3 rings (SSSR count). The molecule has 0 bridgehead atoms. The molecule has 0 unspecified atom stereocenters. The van der Waals surface area contributed by atoms with Gasteiger partial charge in [0.1, 0.15) is 0 Å². The summed E-state index contributed by atoms with van der Waals surface area (Å²) in [5.74, 6) is 1.13. The molecule has 23 heavy (non-hydrogen) atoms. The Kier molecular flexibility index (Phi) is 4.77. The summed E-state index contributed by atoms with van der Waals surface area (Å²) in [6, 6.07) is 7.24. The van der Waals surface area contributed by atoms with Gasteiger partial charge in [0, 0.05) is 36.3 Å². The fraction of sp³-hybridized carbons (Fsp3) is 0.650. The molecule has 1 aliphatic carbocycles. The molecule has 1 heterocycles. The second kappa shape index (κ2) is 6.64. The molecule has 1 saturated carbocycles. The standard InChI is InChI=1S/C20H30N2O/c1-14(2)16-7-8-19(18(13-16)20(23)15-5-6-15)22-11-9-17(10-12-22)21(3)4/h7-8,13-15,17H,5-6,9-12H2,1-4H3. The van der Waals surface area contributed by atoms with Gasteiger partial charge in [0.05, 0.1) is 0 Å². The van der Waals surface area contributed by atoms with E-state index in [1.807, 2.05) is 0 Å². The minimum atomic E-state index is 0.287. The van der Waals surface area contributed by atoms with E-state index in [2.05, 4.69) is 55.9 Å². The van der Waals surface area contributed by atoms with Crippen molar-refractivity contribution in [2.45, 2.75) is 51.5 Å². The number of Topliss-reactive ketones (excluding diaryl/α,β-unsaturated/α-hetero) is 1. The summed E-state index contributed by atoms with van der Waals surface area (Å²) in [6.07, 6.45) is 4.51. The van der Waals surface area contributed by atoms with Crippen LogP contribution in [0.3, 0.4) is 0 Å². The Morgan fingerprint density at radius 3 is 2.30 bits per heavy atom. The summed E-state index contributed by atoms with van der Waals surface area (Å²) < 4.78 is 0. The molecule has 1 saturated heterocycles. The Labute approximate surface area is 140 Å². The minimum Gasteiger partial charge on any atom is -0.371 e. The predicted octanol–water partition coefficient (Wildman–Crippen LogP) is 3.93. The van der Waals surface area contributed by atoms with Crippen LogP contribution >= 0.6 is 0 Å². The molecule has 0 aromatic heterocycles.